The van der Waals surface area contributed by atoms with Gasteiger partial charge in [-0.25, -0.2) is 4.39 Å². The second kappa shape index (κ2) is 7.35. The van der Waals surface area contributed by atoms with Gasteiger partial charge in [-0.1, -0.05) is 0 Å². The number of carbonyl (C=O) groups excluding carboxylic acids is 2. The third-order valence-corrected chi connectivity index (χ3v) is 4.89. The van der Waals surface area contributed by atoms with Crippen molar-refractivity contribution in [2.45, 2.75) is 19.5 Å². The summed E-state index contributed by atoms with van der Waals surface area (Å²) in [5.41, 5.74) is 1.25. The van der Waals surface area contributed by atoms with Crippen LogP contribution in [0.5, 0.6) is 0 Å². The minimum absolute atomic E-state index is 0.0926. The number of ketones is 1. The molecule has 1 atom stereocenters. The molecule has 3 heterocycles. The fourth-order valence-corrected chi connectivity index (χ4v) is 3.42. The Morgan fingerprint density at radius 2 is 1.97 bits per heavy atom. The number of halogens is 1. The van der Waals surface area contributed by atoms with E-state index in [1.165, 1.54) is 29.4 Å². The quantitative estimate of drug-likeness (QED) is 0.415. The summed E-state index contributed by atoms with van der Waals surface area (Å²) in [6, 6.07) is 9.86. The third kappa shape index (κ3) is 3.31. The van der Waals surface area contributed by atoms with Crippen molar-refractivity contribution in [1.82, 2.24) is 9.88 Å². The number of pyridine rings is 1. The predicted octanol–water partition coefficient (Wildman–Crippen LogP) is 3.74. The maximum atomic E-state index is 13.6. The zero-order valence-corrected chi connectivity index (χ0v) is 15.5. The van der Waals surface area contributed by atoms with Crippen LogP contribution in [-0.2, 0) is 16.1 Å². The molecule has 0 radical (unpaired) electrons. The molecule has 1 aromatic carbocycles. The molecule has 4 rings (SSSR count). The van der Waals surface area contributed by atoms with Crippen molar-refractivity contribution in [3.05, 3.63) is 95.0 Å². The Balaban J connectivity index is 1.84. The molecule has 0 bridgehead atoms. The van der Waals surface area contributed by atoms with Crippen LogP contribution in [0.1, 0.15) is 28.5 Å². The van der Waals surface area contributed by atoms with E-state index in [2.05, 4.69) is 4.98 Å². The van der Waals surface area contributed by atoms with Crippen LogP contribution in [0.3, 0.4) is 0 Å². The minimum Gasteiger partial charge on any atom is -0.507 e. The van der Waals surface area contributed by atoms with Gasteiger partial charge in [0, 0.05) is 24.5 Å². The lowest BCUT2D eigenvalue weighted by atomic mass is 9.98. The molecule has 3 aromatic rings. The van der Waals surface area contributed by atoms with Gasteiger partial charge in [0.15, 0.2) is 0 Å². The summed E-state index contributed by atoms with van der Waals surface area (Å²) in [5, 5.41) is 10.9. The number of hydrogen-bond donors (Lipinski definition) is 1. The first-order chi connectivity index (χ1) is 14.0. The number of benzene rings is 1. The number of aromatic nitrogens is 1. The molecule has 6 nitrogen and oxygen atoms in total. The predicted molar refractivity (Wildman–Crippen MR) is 102 cm³/mol. The molecule has 1 aliphatic heterocycles. The van der Waals surface area contributed by atoms with Crippen LogP contribution in [0.25, 0.3) is 5.76 Å². The molecule has 0 aliphatic carbocycles. The first-order valence-electron chi connectivity index (χ1n) is 8.94. The number of nitrogens with zero attached hydrogens (tertiary/aromatic N) is 2. The molecule has 2 aromatic heterocycles. The summed E-state index contributed by atoms with van der Waals surface area (Å²) in [6.07, 6.45) is 4.62. The molecule has 0 spiro atoms. The Hall–Kier alpha value is -3.74. The standard InChI is InChI=1S/C22H17FN2O4/c1-13-11-15(4-5-16(13)23)20(26)18-19(17-3-2-10-29-17)25(22(28)21(18)27)12-14-6-8-24-9-7-14/h2-11,19,26H,12H2,1H3/b20-18-. The van der Waals surface area contributed by atoms with E-state index in [9.17, 15) is 19.1 Å². The van der Waals surface area contributed by atoms with Gasteiger partial charge in [-0.2, -0.15) is 0 Å². The van der Waals surface area contributed by atoms with Gasteiger partial charge >= 0.3 is 0 Å². The maximum absolute atomic E-state index is 13.6. The van der Waals surface area contributed by atoms with Gasteiger partial charge in [-0.05, 0) is 60.5 Å². The Bertz CT molecular complexity index is 1110. The molecule has 29 heavy (non-hydrogen) atoms. The first kappa shape index (κ1) is 18.6. The topological polar surface area (TPSA) is 83.6 Å². The number of Topliss-reactive ketones (excluding diaryl/α,β-unsaturated/α-hetero) is 1. The van der Waals surface area contributed by atoms with Crippen molar-refractivity contribution < 1.29 is 23.5 Å². The van der Waals surface area contributed by atoms with Gasteiger partial charge in [0.1, 0.15) is 23.4 Å². The molecule has 1 N–H and O–H groups in total. The number of amides is 1. The molecule has 1 aliphatic rings. The normalized spacial score (nSPS) is 18.4. The van der Waals surface area contributed by atoms with Crippen LogP contribution < -0.4 is 0 Å². The fraction of sp³-hybridized carbons (Fsp3) is 0.136. The zero-order valence-electron chi connectivity index (χ0n) is 15.5. The number of hydrogen-bond acceptors (Lipinski definition) is 5. The van der Waals surface area contributed by atoms with Crippen molar-refractivity contribution in [2.24, 2.45) is 0 Å². The summed E-state index contributed by atoms with van der Waals surface area (Å²) in [5.74, 6) is -2.02. The Kier molecular flexibility index (Phi) is 4.72. The van der Waals surface area contributed by atoms with Crippen molar-refractivity contribution >= 4 is 17.4 Å². The van der Waals surface area contributed by atoms with Gasteiger partial charge < -0.3 is 14.4 Å². The number of aliphatic hydroxyl groups excluding tert-OH is 1. The lowest BCUT2D eigenvalue weighted by Crippen LogP contribution is -2.29. The minimum atomic E-state index is -0.900. The molecular formula is C22H17FN2O4. The van der Waals surface area contributed by atoms with Crippen molar-refractivity contribution in [1.29, 1.82) is 0 Å². The molecular weight excluding hydrogens is 375 g/mol. The maximum Gasteiger partial charge on any atom is 0.296 e. The summed E-state index contributed by atoms with van der Waals surface area (Å²) in [6.45, 7) is 1.69. The molecule has 146 valence electrons. The number of carbonyl (C=O) groups is 2. The lowest BCUT2D eigenvalue weighted by Gasteiger charge is -2.23. The van der Waals surface area contributed by atoms with Crippen molar-refractivity contribution in [3.63, 3.8) is 0 Å². The van der Waals surface area contributed by atoms with Gasteiger partial charge in [0.25, 0.3) is 11.7 Å². The van der Waals surface area contributed by atoms with Crippen molar-refractivity contribution in [2.75, 3.05) is 0 Å². The second-order valence-electron chi connectivity index (χ2n) is 6.76. The van der Waals surface area contributed by atoms with Gasteiger partial charge in [0.2, 0.25) is 0 Å². The SMILES string of the molecule is Cc1cc(/C(O)=C2/C(=O)C(=O)N(Cc3ccncc3)C2c2ccco2)ccc1F. The van der Waals surface area contributed by atoms with Crippen LogP contribution >= 0.6 is 0 Å². The highest BCUT2D eigenvalue weighted by atomic mass is 19.1. The molecule has 0 saturated carbocycles. The summed E-state index contributed by atoms with van der Waals surface area (Å²) < 4.78 is 19.1. The van der Waals surface area contributed by atoms with Gasteiger partial charge in [-0.3, -0.25) is 14.6 Å². The highest BCUT2D eigenvalue weighted by Crippen LogP contribution is 2.40. The van der Waals surface area contributed by atoms with Crippen LogP contribution in [0.2, 0.25) is 0 Å². The monoisotopic (exact) mass is 392 g/mol. The highest BCUT2D eigenvalue weighted by molar-refractivity contribution is 6.46. The third-order valence-electron chi connectivity index (χ3n) is 4.89. The Labute approximate surface area is 165 Å². The van der Waals surface area contributed by atoms with Crippen LogP contribution in [-0.4, -0.2) is 26.7 Å². The van der Waals surface area contributed by atoms with E-state index >= 15 is 0 Å². The highest BCUT2D eigenvalue weighted by Gasteiger charge is 2.47. The average Bonchev–Trinajstić information content (AvgIpc) is 3.33. The number of aliphatic hydroxyl groups is 1. The summed E-state index contributed by atoms with van der Waals surface area (Å²) in [4.78, 5) is 30.9. The van der Waals surface area contributed by atoms with Crippen molar-refractivity contribution in [3.8, 4) is 0 Å². The first-order valence-corrected chi connectivity index (χ1v) is 8.94. The van der Waals surface area contributed by atoms with Crippen LogP contribution in [0, 0.1) is 12.7 Å². The van der Waals surface area contributed by atoms with Crippen LogP contribution in [0.4, 0.5) is 4.39 Å². The Morgan fingerprint density at radius 1 is 1.21 bits per heavy atom. The summed E-state index contributed by atoms with van der Waals surface area (Å²) >= 11 is 0. The van der Waals surface area contributed by atoms with E-state index in [1.807, 2.05) is 0 Å². The largest absolute Gasteiger partial charge is 0.507 e. The van der Waals surface area contributed by atoms with E-state index in [-0.39, 0.29) is 23.4 Å². The Morgan fingerprint density at radius 3 is 2.62 bits per heavy atom. The smallest absolute Gasteiger partial charge is 0.296 e. The van der Waals surface area contributed by atoms with E-state index in [4.69, 9.17) is 4.42 Å². The number of rotatable bonds is 4. The molecule has 7 heteroatoms. The zero-order chi connectivity index (χ0) is 20.5. The number of aryl methyl sites for hydroxylation is 1. The number of furan rings is 1. The average molecular weight is 392 g/mol. The molecule has 1 unspecified atom stereocenters. The molecule has 1 saturated heterocycles. The molecule has 1 amide bonds. The second-order valence-corrected chi connectivity index (χ2v) is 6.76. The van der Waals surface area contributed by atoms with E-state index in [0.29, 0.717) is 11.3 Å². The van der Waals surface area contributed by atoms with E-state index in [1.54, 1.807) is 43.6 Å². The summed E-state index contributed by atoms with van der Waals surface area (Å²) in [7, 11) is 0. The lowest BCUT2D eigenvalue weighted by molar-refractivity contribution is -0.140. The van der Waals surface area contributed by atoms with E-state index in [0.717, 1.165) is 5.56 Å². The van der Waals surface area contributed by atoms with E-state index < -0.39 is 23.5 Å². The van der Waals surface area contributed by atoms with Crippen LogP contribution in [0.15, 0.2) is 71.1 Å². The number of likely N-dealkylation sites (tertiary alicyclic amines) is 1. The molecule has 1 fully saturated rings. The van der Waals surface area contributed by atoms with Gasteiger partial charge in [0.05, 0.1) is 11.8 Å². The van der Waals surface area contributed by atoms with Gasteiger partial charge in [-0.15, -0.1) is 0 Å². The fourth-order valence-electron chi connectivity index (χ4n) is 3.42.